The molecule has 0 radical (unpaired) electrons. The van der Waals surface area contributed by atoms with E-state index in [4.69, 9.17) is 11.6 Å². The smallest absolute Gasteiger partial charge is 0.260 e. The summed E-state index contributed by atoms with van der Waals surface area (Å²) in [5.41, 5.74) is 0.0989. The summed E-state index contributed by atoms with van der Waals surface area (Å²) in [6.07, 6.45) is 5.28. The quantitative estimate of drug-likeness (QED) is 0.843. The summed E-state index contributed by atoms with van der Waals surface area (Å²) in [6, 6.07) is 1.39. The molecule has 0 fully saturated rings. The Morgan fingerprint density at radius 2 is 2.12 bits per heavy atom. The number of nitrogens with one attached hydrogen (secondary N) is 1. The zero-order valence-corrected chi connectivity index (χ0v) is 9.22. The van der Waals surface area contributed by atoms with Crippen LogP contribution in [0.1, 0.15) is 10.4 Å². The molecular weight excluding hydrogens is 244 g/mol. The molecule has 2 aromatic rings. The average molecular weight is 251 g/mol. The molecule has 0 spiro atoms. The molecular formula is C10H7ClN4O2. The SMILES string of the molecule is O=C(Nc1cncc(Cl)n1)c1ccncc1O. The van der Waals surface area contributed by atoms with Crippen molar-refractivity contribution in [2.24, 2.45) is 0 Å². The molecule has 2 N–H and O–H groups in total. The van der Waals surface area contributed by atoms with Crippen molar-refractivity contribution in [1.82, 2.24) is 15.0 Å². The van der Waals surface area contributed by atoms with Crippen molar-refractivity contribution in [3.63, 3.8) is 0 Å². The van der Waals surface area contributed by atoms with Crippen molar-refractivity contribution >= 4 is 23.3 Å². The standard InChI is InChI=1S/C10H7ClN4O2/c11-8-4-13-5-9(14-8)15-10(17)6-1-2-12-3-7(6)16/h1-5,16H,(H,14,15,17). The lowest BCUT2D eigenvalue weighted by Crippen LogP contribution is -2.13. The fourth-order valence-corrected chi connectivity index (χ4v) is 1.31. The topological polar surface area (TPSA) is 88.0 Å². The van der Waals surface area contributed by atoms with Crippen LogP contribution in [0.4, 0.5) is 5.82 Å². The highest BCUT2D eigenvalue weighted by Gasteiger charge is 2.11. The Balaban J connectivity index is 2.20. The highest BCUT2D eigenvalue weighted by atomic mass is 35.5. The first kappa shape index (κ1) is 11.3. The van der Waals surface area contributed by atoms with E-state index in [2.05, 4.69) is 20.3 Å². The minimum Gasteiger partial charge on any atom is -0.505 e. The molecule has 7 heteroatoms. The van der Waals surface area contributed by atoms with Crippen molar-refractivity contribution < 1.29 is 9.90 Å². The Morgan fingerprint density at radius 1 is 1.29 bits per heavy atom. The van der Waals surface area contributed by atoms with E-state index < -0.39 is 5.91 Å². The predicted molar refractivity (Wildman–Crippen MR) is 60.9 cm³/mol. The molecule has 0 aliphatic heterocycles. The molecule has 2 rings (SSSR count). The first-order chi connectivity index (χ1) is 8.16. The summed E-state index contributed by atoms with van der Waals surface area (Å²) in [4.78, 5) is 23.0. The number of aromatic hydroxyl groups is 1. The first-order valence-electron chi connectivity index (χ1n) is 4.58. The molecule has 17 heavy (non-hydrogen) atoms. The van der Waals surface area contributed by atoms with E-state index in [0.717, 1.165) is 0 Å². The van der Waals surface area contributed by atoms with Crippen LogP contribution >= 0.6 is 11.6 Å². The number of carbonyl (C=O) groups excluding carboxylic acids is 1. The van der Waals surface area contributed by atoms with Crippen LogP contribution in [0.5, 0.6) is 5.75 Å². The van der Waals surface area contributed by atoms with E-state index in [1.807, 2.05) is 0 Å². The second-order valence-corrected chi connectivity index (χ2v) is 3.46. The molecule has 0 aliphatic rings. The lowest BCUT2D eigenvalue weighted by molar-refractivity contribution is 0.102. The summed E-state index contributed by atoms with van der Waals surface area (Å²) in [5, 5.41) is 12.1. The zero-order valence-electron chi connectivity index (χ0n) is 8.46. The number of anilines is 1. The molecule has 6 nitrogen and oxygen atoms in total. The maximum absolute atomic E-state index is 11.7. The van der Waals surface area contributed by atoms with E-state index in [0.29, 0.717) is 0 Å². The van der Waals surface area contributed by atoms with Gasteiger partial charge in [0, 0.05) is 6.20 Å². The summed E-state index contributed by atoms with van der Waals surface area (Å²) < 4.78 is 0. The second-order valence-electron chi connectivity index (χ2n) is 3.07. The van der Waals surface area contributed by atoms with Gasteiger partial charge >= 0.3 is 0 Å². The maximum Gasteiger partial charge on any atom is 0.260 e. The van der Waals surface area contributed by atoms with Gasteiger partial charge in [0.1, 0.15) is 10.9 Å². The highest BCUT2D eigenvalue weighted by Crippen LogP contribution is 2.15. The van der Waals surface area contributed by atoms with Gasteiger partial charge in [-0.2, -0.15) is 0 Å². The first-order valence-corrected chi connectivity index (χ1v) is 4.96. The fraction of sp³-hybridized carbons (Fsp3) is 0. The monoisotopic (exact) mass is 250 g/mol. The minimum absolute atomic E-state index is 0.0989. The molecule has 0 aliphatic carbocycles. The van der Waals surface area contributed by atoms with Gasteiger partial charge in [-0.3, -0.25) is 14.8 Å². The second kappa shape index (κ2) is 4.75. The van der Waals surface area contributed by atoms with E-state index in [9.17, 15) is 9.90 Å². The molecule has 0 saturated carbocycles. The molecule has 2 aromatic heterocycles. The normalized spacial score (nSPS) is 9.94. The summed E-state index contributed by atoms with van der Waals surface area (Å²) in [6.45, 7) is 0. The molecule has 0 bridgehead atoms. The number of amides is 1. The van der Waals surface area contributed by atoms with Gasteiger partial charge in [-0.25, -0.2) is 4.98 Å². The number of halogens is 1. The number of pyridine rings is 1. The van der Waals surface area contributed by atoms with Crippen molar-refractivity contribution in [3.8, 4) is 5.75 Å². The van der Waals surface area contributed by atoms with Crippen LogP contribution < -0.4 is 5.32 Å². The van der Waals surface area contributed by atoms with Crippen LogP contribution in [-0.2, 0) is 0 Å². The molecule has 1 amide bonds. The lowest BCUT2D eigenvalue weighted by atomic mass is 10.2. The Bertz CT molecular complexity index is 562. The van der Waals surface area contributed by atoms with Crippen molar-refractivity contribution in [3.05, 3.63) is 41.6 Å². The third-order valence-electron chi connectivity index (χ3n) is 1.89. The molecule has 0 saturated heterocycles. The molecule has 0 atom stereocenters. The Morgan fingerprint density at radius 3 is 2.82 bits per heavy atom. The van der Waals surface area contributed by atoms with Crippen LogP contribution in [0.25, 0.3) is 0 Å². The Labute approximate surface area is 101 Å². The lowest BCUT2D eigenvalue weighted by Gasteiger charge is -2.05. The highest BCUT2D eigenvalue weighted by molar-refractivity contribution is 6.29. The minimum atomic E-state index is -0.513. The number of hydrogen-bond acceptors (Lipinski definition) is 5. The number of aromatic nitrogens is 3. The fourth-order valence-electron chi connectivity index (χ4n) is 1.16. The van der Waals surface area contributed by atoms with Crippen LogP contribution in [0.3, 0.4) is 0 Å². The summed E-state index contributed by atoms with van der Waals surface area (Å²) in [7, 11) is 0. The third-order valence-corrected chi connectivity index (χ3v) is 2.07. The van der Waals surface area contributed by atoms with Gasteiger partial charge < -0.3 is 10.4 Å². The van der Waals surface area contributed by atoms with Crippen LogP contribution in [-0.4, -0.2) is 26.0 Å². The summed E-state index contributed by atoms with van der Waals surface area (Å²) >= 11 is 5.62. The number of rotatable bonds is 2. The predicted octanol–water partition coefficient (Wildman–Crippen LogP) is 1.48. The molecule has 2 heterocycles. The van der Waals surface area contributed by atoms with E-state index in [1.54, 1.807) is 0 Å². The van der Waals surface area contributed by atoms with Crippen molar-refractivity contribution in [2.45, 2.75) is 0 Å². The van der Waals surface area contributed by atoms with E-state index in [1.165, 1.54) is 30.9 Å². The maximum atomic E-state index is 11.7. The van der Waals surface area contributed by atoms with Crippen molar-refractivity contribution in [2.75, 3.05) is 5.32 Å². The zero-order chi connectivity index (χ0) is 12.3. The van der Waals surface area contributed by atoms with E-state index >= 15 is 0 Å². The van der Waals surface area contributed by atoms with Crippen molar-refractivity contribution in [1.29, 1.82) is 0 Å². The third kappa shape index (κ3) is 2.67. The molecule has 0 aromatic carbocycles. The van der Waals surface area contributed by atoms with Crippen LogP contribution in [0.2, 0.25) is 5.15 Å². The number of nitrogens with zero attached hydrogens (tertiary/aromatic N) is 3. The number of hydrogen-bond donors (Lipinski definition) is 2. The van der Waals surface area contributed by atoms with Gasteiger partial charge in [0.05, 0.1) is 24.2 Å². The largest absolute Gasteiger partial charge is 0.505 e. The van der Waals surface area contributed by atoms with Gasteiger partial charge in [-0.15, -0.1) is 0 Å². The van der Waals surface area contributed by atoms with Crippen LogP contribution in [0.15, 0.2) is 30.9 Å². The number of carbonyl (C=O) groups is 1. The van der Waals surface area contributed by atoms with Gasteiger partial charge in [0.25, 0.3) is 5.91 Å². The van der Waals surface area contributed by atoms with Gasteiger partial charge in [-0.05, 0) is 6.07 Å². The van der Waals surface area contributed by atoms with Crippen LogP contribution in [0, 0.1) is 0 Å². The Hall–Kier alpha value is -2.21. The summed E-state index contributed by atoms with van der Waals surface area (Å²) in [5.74, 6) is -0.514. The average Bonchev–Trinajstić information content (AvgIpc) is 2.29. The van der Waals surface area contributed by atoms with Gasteiger partial charge in [-0.1, -0.05) is 11.6 Å². The molecule has 0 unspecified atom stereocenters. The Kier molecular flexibility index (Phi) is 3.15. The van der Waals surface area contributed by atoms with Gasteiger partial charge in [0.2, 0.25) is 0 Å². The molecule has 86 valence electrons. The van der Waals surface area contributed by atoms with E-state index in [-0.39, 0.29) is 22.3 Å². The van der Waals surface area contributed by atoms with Gasteiger partial charge in [0.15, 0.2) is 5.82 Å².